The number of carbonyl (C=O) groups is 2. The van der Waals surface area contributed by atoms with Crippen LogP contribution in [0.3, 0.4) is 0 Å². The van der Waals surface area contributed by atoms with Crippen molar-refractivity contribution in [3.8, 4) is 11.5 Å². The van der Waals surface area contributed by atoms with Gasteiger partial charge >= 0.3 is 0 Å². The van der Waals surface area contributed by atoms with E-state index in [0.29, 0.717) is 27.8 Å². The molecular formula is C25H21ClN2O4. The highest BCUT2D eigenvalue weighted by atomic mass is 35.5. The minimum Gasteiger partial charge on any atom is -0.493 e. The van der Waals surface area contributed by atoms with Crippen molar-refractivity contribution < 1.29 is 19.1 Å². The summed E-state index contributed by atoms with van der Waals surface area (Å²) in [6, 6.07) is 21.1. The lowest BCUT2D eigenvalue weighted by Gasteiger charge is -2.21. The van der Waals surface area contributed by atoms with E-state index in [-0.39, 0.29) is 11.3 Å². The zero-order chi connectivity index (χ0) is 22.8. The second-order valence-electron chi connectivity index (χ2n) is 7.11. The van der Waals surface area contributed by atoms with Crippen LogP contribution in [0.5, 0.6) is 11.5 Å². The van der Waals surface area contributed by atoms with Crippen molar-refractivity contribution in [2.24, 2.45) is 0 Å². The molecule has 0 saturated carbocycles. The van der Waals surface area contributed by atoms with Crippen molar-refractivity contribution in [1.82, 2.24) is 0 Å². The topological polar surface area (TPSA) is 59.1 Å². The third kappa shape index (κ3) is 3.69. The number of halogens is 1. The highest BCUT2D eigenvalue weighted by molar-refractivity contribution is 6.46. The maximum absolute atomic E-state index is 13.6. The first-order valence-corrected chi connectivity index (χ1v) is 10.2. The lowest BCUT2D eigenvalue weighted by atomic mass is 10.0. The van der Waals surface area contributed by atoms with Crippen LogP contribution in [0.2, 0.25) is 5.02 Å². The number of amides is 2. The molecular weight excluding hydrogens is 428 g/mol. The first kappa shape index (κ1) is 21.5. The molecule has 0 atom stereocenters. The van der Waals surface area contributed by atoms with E-state index in [9.17, 15) is 9.59 Å². The Bertz CT molecular complexity index is 1210. The van der Waals surface area contributed by atoms with Gasteiger partial charge in [-0.05, 0) is 54.1 Å². The molecule has 1 aliphatic heterocycles. The molecule has 1 aliphatic rings. The number of hydrogen-bond acceptors (Lipinski definition) is 5. The minimum absolute atomic E-state index is 0.267. The standard InChI is InChI=1S/C25H21ClN2O4/c1-27(18-7-5-4-6-8-18)23-22(16-9-14-20(31-2)21(15-16)32-3)24(29)28(25(23)30)19-12-10-17(26)11-13-19/h4-15H,1-3H3. The Morgan fingerprint density at radius 2 is 1.47 bits per heavy atom. The van der Waals surface area contributed by atoms with Gasteiger partial charge in [0.15, 0.2) is 11.5 Å². The molecule has 0 radical (unpaired) electrons. The molecule has 0 N–H and O–H groups in total. The van der Waals surface area contributed by atoms with Crippen LogP contribution in [0.4, 0.5) is 11.4 Å². The fraction of sp³-hybridized carbons (Fsp3) is 0.120. The Morgan fingerprint density at radius 1 is 0.812 bits per heavy atom. The number of hydrogen-bond donors (Lipinski definition) is 0. The quantitative estimate of drug-likeness (QED) is 0.508. The van der Waals surface area contributed by atoms with Crippen molar-refractivity contribution in [2.75, 3.05) is 31.1 Å². The van der Waals surface area contributed by atoms with Gasteiger partial charge in [-0.3, -0.25) is 9.59 Å². The van der Waals surface area contributed by atoms with Crippen LogP contribution >= 0.6 is 11.6 Å². The first-order chi connectivity index (χ1) is 15.5. The third-order valence-electron chi connectivity index (χ3n) is 5.30. The van der Waals surface area contributed by atoms with Gasteiger partial charge in [-0.2, -0.15) is 0 Å². The van der Waals surface area contributed by atoms with E-state index in [1.807, 2.05) is 30.3 Å². The molecule has 0 saturated heterocycles. The lowest BCUT2D eigenvalue weighted by molar-refractivity contribution is -0.120. The zero-order valence-electron chi connectivity index (χ0n) is 17.8. The van der Waals surface area contributed by atoms with E-state index >= 15 is 0 Å². The van der Waals surface area contributed by atoms with E-state index < -0.39 is 11.8 Å². The minimum atomic E-state index is -0.428. The van der Waals surface area contributed by atoms with Gasteiger partial charge < -0.3 is 14.4 Å². The van der Waals surface area contributed by atoms with Crippen molar-refractivity contribution in [2.45, 2.75) is 0 Å². The van der Waals surface area contributed by atoms with Crippen LogP contribution in [0.15, 0.2) is 78.5 Å². The predicted octanol–water partition coefficient (Wildman–Crippen LogP) is 4.78. The van der Waals surface area contributed by atoms with Gasteiger partial charge in [-0.1, -0.05) is 35.9 Å². The molecule has 0 aliphatic carbocycles. The summed E-state index contributed by atoms with van der Waals surface area (Å²) >= 11 is 6.00. The number of imide groups is 1. The van der Waals surface area contributed by atoms with E-state index in [1.54, 1.807) is 54.4 Å². The third-order valence-corrected chi connectivity index (χ3v) is 5.55. The monoisotopic (exact) mass is 448 g/mol. The number of para-hydroxylation sites is 1. The SMILES string of the molecule is COc1ccc(C2=C(N(C)c3ccccc3)C(=O)N(c3ccc(Cl)cc3)C2=O)cc1OC. The average Bonchev–Trinajstić information content (AvgIpc) is 3.09. The summed E-state index contributed by atoms with van der Waals surface area (Å²) in [6.45, 7) is 0. The first-order valence-electron chi connectivity index (χ1n) is 9.86. The maximum atomic E-state index is 13.6. The highest BCUT2D eigenvalue weighted by Gasteiger charge is 2.42. The Kier molecular flexibility index (Phi) is 5.88. The molecule has 4 rings (SSSR count). The van der Waals surface area contributed by atoms with E-state index in [2.05, 4.69) is 0 Å². The molecule has 3 aromatic carbocycles. The fourth-order valence-electron chi connectivity index (χ4n) is 3.69. The van der Waals surface area contributed by atoms with Crippen LogP contribution in [0, 0.1) is 0 Å². The Labute approximate surface area is 191 Å². The molecule has 0 spiro atoms. The molecule has 1 heterocycles. The van der Waals surface area contributed by atoms with Crippen LogP contribution < -0.4 is 19.3 Å². The second kappa shape index (κ2) is 8.77. The molecule has 0 fully saturated rings. The summed E-state index contributed by atoms with van der Waals surface area (Å²) in [6.07, 6.45) is 0. The van der Waals surface area contributed by atoms with Crippen LogP contribution in [-0.2, 0) is 9.59 Å². The number of ether oxygens (including phenoxy) is 2. The Balaban J connectivity index is 1.89. The van der Waals surface area contributed by atoms with Gasteiger partial charge in [0.25, 0.3) is 11.8 Å². The summed E-state index contributed by atoms with van der Waals surface area (Å²) in [5, 5.41) is 0.516. The van der Waals surface area contributed by atoms with Gasteiger partial charge in [-0.15, -0.1) is 0 Å². The predicted molar refractivity (Wildman–Crippen MR) is 125 cm³/mol. The lowest BCUT2D eigenvalue weighted by Crippen LogP contribution is -2.34. The van der Waals surface area contributed by atoms with Crippen LogP contribution in [0.25, 0.3) is 5.57 Å². The van der Waals surface area contributed by atoms with Gasteiger partial charge in [0.1, 0.15) is 5.70 Å². The van der Waals surface area contributed by atoms with Crippen molar-refractivity contribution in [3.63, 3.8) is 0 Å². The molecule has 3 aromatic rings. The largest absolute Gasteiger partial charge is 0.493 e. The number of anilines is 2. The Hall–Kier alpha value is -3.77. The van der Waals surface area contributed by atoms with Gasteiger partial charge in [0.05, 0.1) is 25.5 Å². The van der Waals surface area contributed by atoms with E-state index in [4.69, 9.17) is 21.1 Å². The van der Waals surface area contributed by atoms with Gasteiger partial charge in [0, 0.05) is 17.8 Å². The van der Waals surface area contributed by atoms with Crippen molar-refractivity contribution in [1.29, 1.82) is 0 Å². The molecule has 162 valence electrons. The number of benzene rings is 3. The molecule has 0 bridgehead atoms. The van der Waals surface area contributed by atoms with E-state index in [0.717, 1.165) is 10.6 Å². The van der Waals surface area contributed by atoms with Crippen molar-refractivity contribution >= 4 is 40.4 Å². The zero-order valence-corrected chi connectivity index (χ0v) is 18.6. The van der Waals surface area contributed by atoms with Crippen molar-refractivity contribution in [3.05, 3.63) is 89.1 Å². The second-order valence-corrected chi connectivity index (χ2v) is 7.55. The average molecular weight is 449 g/mol. The van der Waals surface area contributed by atoms with Crippen LogP contribution in [-0.4, -0.2) is 33.1 Å². The number of nitrogens with zero attached hydrogens (tertiary/aromatic N) is 2. The molecule has 2 amide bonds. The fourth-order valence-corrected chi connectivity index (χ4v) is 3.81. The number of methoxy groups -OCH3 is 2. The number of rotatable bonds is 6. The summed E-state index contributed by atoms with van der Waals surface area (Å²) in [4.78, 5) is 30.1. The Morgan fingerprint density at radius 3 is 2.09 bits per heavy atom. The number of carbonyl (C=O) groups excluding carboxylic acids is 2. The van der Waals surface area contributed by atoms with Gasteiger partial charge in [-0.25, -0.2) is 4.90 Å². The molecule has 6 nitrogen and oxygen atoms in total. The highest BCUT2D eigenvalue weighted by Crippen LogP contribution is 2.39. The van der Waals surface area contributed by atoms with Gasteiger partial charge in [0.2, 0.25) is 0 Å². The smallest absolute Gasteiger partial charge is 0.282 e. The molecule has 32 heavy (non-hydrogen) atoms. The molecule has 7 heteroatoms. The van der Waals surface area contributed by atoms with Crippen LogP contribution in [0.1, 0.15) is 5.56 Å². The molecule has 0 unspecified atom stereocenters. The normalized spacial score (nSPS) is 13.6. The molecule has 0 aromatic heterocycles. The van der Waals surface area contributed by atoms with E-state index in [1.165, 1.54) is 14.2 Å². The summed E-state index contributed by atoms with van der Waals surface area (Å²) in [5.41, 5.74) is 2.31. The summed E-state index contributed by atoms with van der Waals surface area (Å²) in [5.74, 6) is 0.140. The summed E-state index contributed by atoms with van der Waals surface area (Å²) < 4.78 is 10.7. The number of likely N-dealkylation sites (N-methyl/N-ethyl adjacent to an activating group) is 1. The maximum Gasteiger partial charge on any atom is 0.282 e. The summed E-state index contributed by atoms with van der Waals surface area (Å²) in [7, 11) is 4.83.